The number of carbonyl (C=O) groups is 2. The molecule has 0 aliphatic rings. The van der Waals surface area contributed by atoms with Crippen LogP contribution in [0.5, 0.6) is 0 Å². The minimum absolute atomic E-state index is 0.0556. The van der Waals surface area contributed by atoms with Crippen molar-refractivity contribution >= 4 is 23.7 Å². The van der Waals surface area contributed by atoms with E-state index >= 15 is 0 Å². The Kier molecular flexibility index (Phi) is 21.9. The van der Waals surface area contributed by atoms with Crippen molar-refractivity contribution < 1.29 is 9.59 Å². The van der Waals surface area contributed by atoms with Gasteiger partial charge in [-0.15, -0.1) is 4.91 Å². The maximum Gasteiger partial charge on any atom is 0.286 e. The van der Waals surface area contributed by atoms with Crippen LogP contribution in [0.4, 0.5) is 11.5 Å². The van der Waals surface area contributed by atoms with Gasteiger partial charge in [0.1, 0.15) is 12.1 Å². The number of rotatable bonds is 17. The molecule has 8 nitrogen and oxygen atoms in total. The van der Waals surface area contributed by atoms with Crippen LogP contribution in [0.3, 0.4) is 0 Å². The van der Waals surface area contributed by atoms with Crippen molar-refractivity contribution in [1.29, 1.82) is 0 Å². The zero-order valence-electron chi connectivity index (χ0n) is 27.9. The summed E-state index contributed by atoms with van der Waals surface area (Å²) in [5.41, 5.74) is 4.61. The van der Waals surface area contributed by atoms with Crippen molar-refractivity contribution in [3.05, 3.63) is 126 Å². The number of para-hydroxylation sites is 1. The Balaban J connectivity index is 0.000000422. The van der Waals surface area contributed by atoms with Gasteiger partial charge in [-0.1, -0.05) is 93.0 Å². The summed E-state index contributed by atoms with van der Waals surface area (Å²) in [7, 11) is 0. The molecule has 0 saturated carbocycles. The second-order valence-corrected chi connectivity index (χ2v) is 10.6. The van der Waals surface area contributed by atoms with E-state index in [0.717, 1.165) is 62.1 Å². The van der Waals surface area contributed by atoms with Crippen molar-refractivity contribution in [2.24, 2.45) is 5.18 Å². The molecule has 0 bridgehead atoms. The van der Waals surface area contributed by atoms with E-state index in [0.29, 0.717) is 6.42 Å². The van der Waals surface area contributed by atoms with Crippen LogP contribution in [0.2, 0.25) is 0 Å². The first-order valence-corrected chi connectivity index (χ1v) is 16.0. The van der Waals surface area contributed by atoms with Crippen molar-refractivity contribution in [2.75, 3.05) is 17.2 Å². The molecule has 0 aliphatic carbocycles. The number of pyridine rings is 2. The monoisotopic (exact) mass is 625 g/mol. The van der Waals surface area contributed by atoms with Gasteiger partial charge in [-0.3, -0.25) is 9.78 Å². The van der Waals surface area contributed by atoms with Crippen LogP contribution >= 0.6 is 0 Å². The van der Waals surface area contributed by atoms with E-state index < -0.39 is 5.91 Å². The first-order chi connectivity index (χ1) is 22.4. The maximum absolute atomic E-state index is 10.4. The molecule has 0 fully saturated rings. The molecule has 0 radical (unpaired) electrons. The van der Waals surface area contributed by atoms with Crippen molar-refractivity contribution in [2.45, 2.75) is 84.6 Å². The van der Waals surface area contributed by atoms with E-state index in [1.165, 1.54) is 11.1 Å². The third-order valence-corrected chi connectivity index (χ3v) is 6.97. The van der Waals surface area contributed by atoms with Gasteiger partial charge in [0.25, 0.3) is 5.91 Å². The second-order valence-electron chi connectivity index (χ2n) is 10.6. The Morgan fingerprint density at radius 3 is 2.24 bits per heavy atom. The molecule has 0 aliphatic heterocycles. The smallest absolute Gasteiger partial charge is 0.286 e. The lowest BCUT2D eigenvalue weighted by atomic mass is 9.90. The minimum atomic E-state index is -0.562. The Hall–Kier alpha value is -4.72. The fourth-order valence-corrected chi connectivity index (χ4v) is 4.41. The van der Waals surface area contributed by atoms with Crippen LogP contribution in [0.25, 0.3) is 0 Å². The quantitative estimate of drug-likeness (QED) is 0.0664. The number of aldehydes is 1. The first kappa shape index (κ1) is 39.3. The van der Waals surface area contributed by atoms with Crippen LogP contribution in [0, 0.1) is 4.91 Å². The average Bonchev–Trinajstić information content (AvgIpc) is 3.10. The number of carbonyl (C=O) groups excluding carboxylic acids is 2. The topological polar surface area (TPSA) is 113 Å². The van der Waals surface area contributed by atoms with Gasteiger partial charge < -0.3 is 15.4 Å². The van der Waals surface area contributed by atoms with Crippen LogP contribution in [0.15, 0.2) is 115 Å². The van der Waals surface area contributed by atoms with E-state index in [9.17, 15) is 14.5 Å². The lowest BCUT2D eigenvalue weighted by Gasteiger charge is -2.28. The number of amides is 1. The highest BCUT2D eigenvalue weighted by Crippen LogP contribution is 2.36. The number of nitrogens with one attached hydrogen (secondary N) is 2. The summed E-state index contributed by atoms with van der Waals surface area (Å²) in [6.45, 7) is 12.8. The molecule has 1 aromatic carbocycles. The summed E-state index contributed by atoms with van der Waals surface area (Å²) in [6.07, 6.45) is 17.9. The first-order valence-electron chi connectivity index (χ1n) is 16.0. The number of hydrogen-bond acceptors (Lipinski definition) is 7. The average molecular weight is 626 g/mol. The van der Waals surface area contributed by atoms with E-state index in [1.54, 1.807) is 6.20 Å². The molecule has 0 saturated heterocycles. The molecule has 0 spiro atoms. The number of hydrogen-bond donors (Lipinski definition) is 2. The molecule has 46 heavy (non-hydrogen) atoms. The Bertz CT molecular complexity index is 1330. The number of nitroso groups, excluding NO2 is 1. The zero-order chi connectivity index (χ0) is 33.8. The Morgan fingerprint density at radius 1 is 0.957 bits per heavy atom. The van der Waals surface area contributed by atoms with Crippen LogP contribution in [0.1, 0.15) is 95.9 Å². The van der Waals surface area contributed by atoms with Crippen LogP contribution in [-0.2, 0) is 9.59 Å². The molecule has 2 N–H and O–H groups in total. The molecular formula is C38H51N5O3. The minimum Gasteiger partial charge on any atom is -0.385 e. The van der Waals surface area contributed by atoms with E-state index in [-0.39, 0.29) is 18.4 Å². The van der Waals surface area contributed by atoms with Crippen molar-refractivity contribution in [3.63, 3.8) is 0 Å². The Morgan fingerprint density at radius 2 is 1.63 bits per heavy atom. The van der Waals surface area contributed by atoms with Gasteiger partial charge in [0, 0.05) is 54.3 Å². The predicted molar refractivity (Wildman–Crippen MR) is 192 cm³/mol. The molecule has 2 heterocycles. The summed E-state index contributed by atoms with van der Waals surface area (Å²) in [6, 6.07) is 20.5. The second kappa shape index (κ2) is 25.6. The number of nitrogens with zero attached hydrogens (tertiary/aromatic N) is 3. The molecule has 3 aromatic rings. The van der Waals surface area contributed by atoms with Gasteiger partial charge >= 0.3 is 0 Å². The highest BCUT2D eigenvalue weighted by molar-refractivity contribution is 5.76. The molecule has 246 valence electrons. The summed E-state index contributed by atoms with van der Waals surface area (Å²) in [5.74, 6) is 0.484. The molecule has 2 unspecified atom stereocenters. The van der Waals surface area contributed by atoms with Gasteiger partial charge in [-0.05, 0) is 69.5 Å². The maximum atomic E-state index is 10.4. The normalized spacial score (nSPS) is 12.0. The lowest BCUT2D eigenvalue weighted by Crippen LogP contribution is -2.20. The highest BCUT2D eigenvalue weighted by Gasteiger charge is 2.24. The van der Waals surface area contributed by atoms with E-state index in [4.69, 9.17) is 0 Å². The predicted octanol–water partition coefficient (Wildman–Crippen LogP) is 9.77. The third kappa shape index (κ3) is 16.9. The highest BCUT2D eigenvalue weighted by atomic mass is 16.3. The number of benzene rings is 1. The van der Waals surface area contributed by atoms with Gasteiger partial charge in [-0.2, -0.15) is 0 Å². The van der Waals surface area contributed by atoms with Crippen LogP contribution < -0.4 is 10.6 Å². The van der Waals surface area contributed by atoms with Gasteiger partial charge in [0.15, 0.2) is 0 Å². The standard InChI is InChI=1S/C21H24N4.C9H15NO3.C8H12/c1-3-22-19-12-5-4-10-17(19)21(25-20-13-7-9-15-24-20)16(2)18-11-6-8-14-23-18;11-8-6-4-2-1-3-5-7-9(12)10-13;1-4-6-7-8(3)5-2/h4-16,21-22H,3H2,1-2H3,(H,24,25);8H,1-7H2;4-7H,2H2,1,3H3/b;;6-4-,8-7-. The largest absolute Gasteiger partial charge is 0.385 e. The lowest BCUT2D eigenvalue weighted by molar-refractivity contribution is -0.118. The summed E-state index contributed by atoms with van der Waals surface area (Å²) >= 11 is 0. The van der Waals surface area contributed by atoms with Gasteiger partial charge in [0.05, 0.1) is 6.04 Å². The molecular weight excluding hydrogens is 574 g/mol. The van der Waals surface area contributed by atoms with E-state index in [2.05, 4.69) is 76.5 Å². The number of aromatic nitrogens is 2. The zero-order valence-corrected chi connectivity index (χ0v) is 27.9. The Labute approximate surface area is 275 Å². The number of allylic oxidation sites excluding steroid dienone is 5. The fourth-order valence-electron chi connectivity index (χ4n) is 4.41. The van der Waals surface area contributed by atoms with Gasteiger partial charge in [0.2, 0.25) is 0 Å². The molecule has 1 amide bonds. The molecule has 2 aromatic heterocycles. The SMILES string of the molecule is C=C/C(C)=C\C=C/C.CCNc1ccccc1C(Nc1ccccn1)C(C)c1ccccn1.O=CCCCCCCCC(=O)N=O. The number of unbranched alkanes of at least 4 members (excludes halogenated alkanes) is 5. The van der Waals surface area contributed by atoms with Crippen LogP contribution in [-0.4, -0.2) is 28.7 Å². The van der Waals surface area contributed by atoms with Gasteiger partial charge in [-0.25, -0.2) is 4.98 Å². The summed E-state index contributed by atoms with van der Waals surface area (Å²) in [5, 5.41) is 9.37. The number of anilines is 2. The molecule has 8 heteroatoms. The van der Waals surface area contributed by atoms with E-state index in [1.807, 2.05) is 74.7 Å². The van der Waals surface area contributed by atoms with Crippen molar-refractivity contribution in [3.8, 4) is 0 Å². The fraction of sp³-hybridized carbons (Fsp3) is 0.368. The molecule has 2 atom stereocenters. The van der Waals surface area contributed by atoms with Crippen molar-refractivity contribution in [1.82, 2.24) is 9.97 Å². The molecule has 3 rings (SSSR count). The summed E-state index contributed by atoms with van der Waals surface area (Å²) in [4.78, 5) is 39.0. The summed E-state index contributed by atoms with van der Waals surface area (Å²) < 4.78 is 0. The third-order valence-electron chi connectivity index (χ3n) is 6.97.